The Morgan fingerprint density at radius 1 is 1.16 bits per heavy atom. The monoisotopic (exact) mass is 283 g/mol. The fourth-order valence-electron chi connectivity index (χ4n) is 1.10. The lowest BCUT2D eigenvalue weighted by Gasteiger charge is -2.25. The van der Waals surface area contributed by atoms with E-state index in [0.29, 0.717) is 6.61 Å². The van der Waals surface area contributed by atoms with Crippen LogP contribution in [0.3, 0.4) is 0 Å². The average molecular weight is 283 g/mol. The molecule has 0 unspecified atom stereocenters. The summed E-state index contributed by atoms with van der Waals surface area (Å²) in [7, 11) is 1.57. The molecule has 4 atom stereocenters. The highest BCUT2D eigenvalue weighted by molar-refractivity contribution is 5.65. The van der Waals surface area contributed by atoms with Crippen LogP contribution in [0, 0.1) is 0 Å². The van der Waals surface area contributed by atoms with Crippen molar-refractivity contribution in [3.8, 4) is 0 Å². The third kappa shape index (κ3) is 10.8. The van der Waals surface area contributed by atoms with Gasteiger partial charge in [0, 0.05) is 13.5 Å². The Bertz CT molecular complexity index is 227. The lowest BCUT2D eigenvalue weighted by atomic mass is 10.0. The highest BCUT2D eigenvalue weighted by atomic mass is 16.5. The normalized spacial score (nSPS) is 16.6. The van der Waals surface area contributed by atoms with Crippen LogP contribution in [0.1, 0.15) is 13.8 Å². The van der Waals surface area contributed by atoms with Gasteiger partial charge in [-0.25, -0.2) is 0 Å². The van der Waals surface area contributed by atoms with E-state index in [1.807, 2.05) is 0 Å². The Morgan fingerprint density at radius 2 is 1.63 bits per heavy atom. The molecule has 0 radical (unpaired) electrons. The zero-order valence-corrected chi connectivity index (χ0v) is 11.5. The molecule has 0 fully saturated rings. The first-order valence-corrected chi connectivity index (χ1v) is 5.92. The first kappa shape index (κ1) is 20.5. The molecule has 0 saturated heterocycles. The Hall–Kier alpha value is -0.770. The molecule has 0 aliphatic carbocycles. The summed E-state index contributed by atoms with van der Waals surface area (Å²) in [5, 5.41) is 47.5. The number of nitrogens with one attached hydrogen (secondary N) is 1. The van der Waals surface area contributed by atoms with E-state index in [9.17, 15) is 9.90 Å². The molecule has 8 heteroatoms. The summed E-state index contributed by atoms with van der Waals surface area (Å²) in [5.41, 5.74) is 0. The minimum atomic E-state index is -1.55. The van der Waals surface area contributed by atoms with Crippen molar-refractivity contribution < 1.29 is 35.1 Å². The Morgan fingerprint density at radius 3 is 1.89 bits per heavy atom. The van der Waals surface area contributed by atoms with E-state index in [-0.39, 0.29) is 12.5 Å². The molecule has 19 heavy (non-hydrogen) atoms. The molecule has 8 nitrogen and oxygen atoms in total. The summed E-state index contributed by atoms with van der Waals surface area (Å²) in [5.74, 6) is -0.211. The number of carbonyl (C=O) groups is 1. The summed E-state index contributed by atoms with van der Waals surface area (Å²) in [6, 6.07) is 0. The molecule has 0 aliphatic heterocycles. The number of aliphatic hydroxyl groups is 5. The van der Waals surface area contributed by atoms with Crippen LogP contribution in [0.15, 0.2) is 0 Å². The number of rotatable bonds is 7. The van der Waals surface area contributed by atoms with E-state index >= 15 is 0 Å². The second-order valence-electron chi connectivity index (χ2n) is 3.78. The summed E-state index contributed by atoms with van der Waals surface area (Å²) in [6.45, 7) is 3.08. The minimum Gasteiger partial charge on any atom is -0.466 e. The van der Waals surface area contributed by atoms with Crippen LogP contribution >= 0.6 is 0 Å². The SMILES string of the molecule is CCOC(C)=O.CNC[C@H](O)[C@@H](O)[C@H](O)[C@H](O)CO. The lowest BCUT2D eigenvalue weighted by molar-refractivity contribution is -0.140. The van der Waals surface area contributed by atoms with Crippen molar-refractivity contribution in [2.75, 3.05) is 26.8 Å². The van der Waals surface area contributed by atoms with E-state index < -0.39 is 31.0 Å². The Balaban J connectivity index is 0. The first-order valence-electron chi connectivity index (χ1n) is 5.92. The number of hydrogen-bond donors (Lipinski definition) is 6. The van der Waals surface area contributed by atoms with Crippen molar-refractivity contribution in [2.45, 2.75) is 38.3 Å². The maximum Gasteiger partial charge on any atom is 0.302 e. The van der Waals surface area contributed by atoms with Crippen LogP contribution in [-0.2, 0) is 9.53 Å². The summed E-state index contributed by atoms with van der Waals surface area (Å²) in [4.78, 5) is 9.82. The molecule has 116 valence electrons. The van der Waals surface area contributed by atoms with Crippen molar-refractivity contribution in [3.63, 3.8) is 0 Å². The van der Waals surface area contributed by atoms with Gasteiger partial charge < -0.3 is 35.6 Å². The van der Waals surface area contributed by atoms with Crippen LogP contribution in [0.25, 0.3) is 0 Å². The molecular weight excluding hydrogens is 258 g/mol. The molecular formula is C11H25NO7. The van der Waals surface area contributed by atoms with Crippen LogP contribution in [0.4, 0.5) is 0 Å². The summed E-state index contributed by atoms with van der Waals surface area (Å²) >= 11 is 0. The molecule has 0 aromatic rings. The van der Waals surface area contributed by atoms with Gasteiger partial charge in [0.25, 0.3) is 0 Å². The third-order valence-electron chi connectivity index (χ3n) is 2.09. The zero-order valence-electron chi connectivity index (χ0n) is 11.5. The molecule has 0 rings (SSSR count). The van der Waals surface area contributed by atoms with Gasteiger partial charge in [-0.1, -0.05) is 0 Å². The van der Waals surface area contributed by atoms with Crippen LogP contribution < -0.4 is 5.32 Å². The quantitative estimate of drug-likeness (QED) is 0.276. The smallest absolute Gasteiger partial charge is 0.302 e. The summed E-state index contributed by atoms with van der Waals surface area (Å²) in [6.07, 6.45) is -5.65. The standard InChI is InChI=1S/C7H17NO5.C4H8O2/c1-8-2-4(10)6(12)7(13)5(11)3-9;1-3-6-4(2)5/h4-13H,2-3H2,1H3;3H2,1-2H3/t4-,5+,6+,7+;/m0./s1. The van der Waals surface area contributed by atoms with E-state index in [0.717, 1.165) is 0 Å². The van der Waals surface area contributed by atoms with Gasteiger partial charge in [-0.2, -0.15) is 0 Å². The van der Waals surface area contributed by atoms with Crippen molar-refractivity contribution in [2.24, 2.45) is 0 Å². The van der Waals surface area contributed by atoms with E-state index in [4.69, 9.17) is 20.4 Å². The van der Waals surface area contributed by atoms with E-state index in [1.54, 1.807) is 14.0 Å². The number of aliphatic hydroxyl groups excluding tert-OH is 5. The van der Waals surface area contributed by atoms with Gasteiger partial charge in [0.2, 0.25) is 0 Å². The summed E-state index contributed by atoms with van der Waals surface area (Å²) < 4.78 is 4.40. The fourth-order valence-corrected chi connectivity index (χ4v) is 1.10. The molecule has 0 aromatic heterocycles. The highest BCUT2D eigenvalue weighted by Gasteiger charge is 2.29. The second kappa shape index (κ2) is 12.3. The number of likely N-dealkylation sites (N-methyl/N-ethyl adjacent to an activating group) is 1. The van der Waals surface area contributed by atoms with Gasteiger partial charge in [-0.3, -0.25) is 4.79 Å². The van der Waals surface area contributed by atoms with Gasteiger partial charge in [-0.15, -0.1) is 0 Å². The second-order valence-corrected chi connectivity index (χ2v) is 3.78. The largest absolute Gasteiger partial charge is 0.466 e. The van der Waals surface area contributed by atoms with Crippen molar-refractivity contribution >= 4 is 5.97 Å². The zero-order chi connectivity index (χ0) is 15.4. The number of esters is 1. The van der Waals surface area contributed by atoms with Crippen LogP contribution in [0.2, 0.25) is 0 Å². The predicted molar refractivity (Wildman–Crippen MR) is 67.3 cm³/mol. The molecule has 0 saturated carbocycles. The predicted octanol–water partition coefficient (Wildman–Crippen LogP) is -2.79. The van der Waals surface area contributed by atoms with Gasteiger partial charge in [-0.05, 0) is 14.0 Å². The van der Waals surface area contributed by atoms with Gasteiger partial charge >= 0.3 is 5.97 Å². The molecule has 0 aliphatic rings. The molecule has 0 aromatic carbocycles. The molecule has 0 bridgehead atoms. The Kier molecular flexibility index (Phi) is 13.3. The first-order chi connectivity index (χ1) is 8.81. The van der Waals surface area contributed by atoms with E-state index in [1.165, 1.54) is 6.92 Å². The number of ether oxygens (including phenoxy) is 1. The van der Waals surface area contributed by atoms with E-state index in [2.05, 4.69) is 10.1 Å². The maximum absolute atomic E-state index is 9.82. The molecule has 0 spiro atoms. The highest BCUT2D eigenvalue weighted by Crippen LogP contribution is 2.04. The average Bonchev–Trinajstić information content (AvgIpc) is 2.36. The van der Waals surface area contributed by atoms with Gasteiger partial charge in [0.05, 0.1) is 19.3 Å². The molecule has 0 amide bonds. The number of hydrogen-bond acceptors (Lipinski definition) is 8. The van der Waals surface area contributed by atoms with Crippen molar-refractivity contribution in [3.05, 3.63) is 0 Å². The van der Waals surface area contributed by atoms with Gasteiger partial charge in [0.1, 0.15) is 18.3 Å². The Labute approximate surface area is 112 Å². The number of carbonyl (C=O) groups excluding carboxylic acids is 1. The lowest BCUT2D eigenvalue weighted by Crippen LogP contribution is -2.48. The molecule has 0 heterocycles. The fraction of sp³-hybridized carbons (Fsp3) is 0.909. The van der Waals surface area contributed by atoms with Crippen molar-refractivity contribution in [1.82, 2.24) is 5.32 Å². The topological polar surface area (TPSA) is 139 Å². The van der Waals surface area contributed by atoms with Crippen molar-refractivity contribution in [1.29, 1.82) is 0 Å². The van der Waals surface area contributed by atoms with Crippen LogP contribution in [-0.4, -0.2) is 82.7 Å². The third-order valence-corrected chi connectivity index (χ3v) is 2.09. The molecule has 6 N–H and O–H groups in total. The maximum atomic E-state index is 9.82. The van der Waals surface area contributed by atoms with Gasteiger partial charge in [0.15, 0.2) is 0 Å². The minimum absolute atomic E-state index is 0.0936. The van der Waals surface area contributed by atoms with Crippen LogP contribution in [0.5, 0.6) is 0 Å².